The van der Waals surface area contributed by atoms with Crippen LogP contribution in [0.3, 0.4) is 0 Å². The molecular weight excluding hydrogens is 350 g/mol. The smallest absolute Gasteiger partial charge is 0.319 e. The van der Waals surface area contributed by atoms with E-state index in [4.69, 9.17) is 16.3 Å². The van der Waals surface area contributed by atoms with Crippen LogP contribution in [-0.2, 0) is 4.74 Å². The summed E-state index contributed by atoms with van der Waals surface area (Å²) in [6, 6.07) is 11.3. The highest BCUT2D eigenvalue weighted by Crippen LogP contribution is 2.29. The van der Waals surface area contributed by atoms with Crippen LogP contribution in [0.15, 0.2) is 36.4 Å². The van der Waals surface area contributed by atoms with Crippen molar-refractivity contribution in [2.45, 2.75) is 12.8 Å². The van der Waals surface area contributed by atoms with Crippen LogP contribution in [-0.4, -0.2) is 50.8 Å². The Labute approximate surface area is 159 Å². The molecule has 0 bridgehead atoms. The van der Waals surface area contributed by atoms with Crippen LogP contribution < -0.4 is 10.6 Å². The zero-order valence-corrected chi connectivity index (χ0v) is 15.9. The Hall–Kier alpha value is -1.82. The minimum Gasteiger partial charge on any atom is -0.383 e. The molecule has 0 aromatic heterocycles. The third kappa shape index (κ3) is 4.87. The zero-order valence-electron chi connectivity index (χ0n) is 15.1. The van der Waals surface area contributed by atoms with Crippen molar-refractivity contribution in [3.05, 3.63) is 41.4 Å². The number of amides is 2. The van der Waals surface area contributed by atoms with Gasteiger partial charge in [-0.15, -0.1) is 0 Å². The van der Waals surface area contributed by atoms with Crippen molar-refractivity contribution in [3.63, 3.8) is 0 Å². The average molecular weight is 376 g/mol. The maximum absolute atomic E-state index is 12.3. The lowest BCUT2D eigenvalue weighted by Crippen LogP contribution is -2.42. The highest BCUT2D eigenvalue weighted by Gasteiger charge is 2.20. The molecule has 1 heterocycles. The van der Waals surface area contributed by atoms with Crippen molar-refractivity contribution in [1.82, 2.24) is 10.2 Å². The average Bonchev–Trinajstić information content (AvgIpc) is 2.67. The van der Waals surface area contributed by atoms with E-state index in [1.54, 1.807) is 7.11 Å². The van der Waals surface area contributed by atoms with Crippen molar-refractivity contribution in [2.24, 2.45) is 5.92 Å². The van der Waals surface area contributed by atoms with Gasteiger partial charge in [-0.25, -0.2) is 4.79 Å². The van der Waals surface area contributed by atoms with E-state index in [1.165, 1.54) is 6.42 Å². The Morgan fingerprint density at radius 2 is 2.08 bits per heavy atom. The number of carbonyl (C=O) groups excluding carboxylic acids is 1. The molecule has 0 radical (unpaired) electrons. The fourth-order valence-corrected chi connectivity index (χ4v) is 3.74. The SMILES string of the molecule is COCCN1CCCC(CNC(=O)Nc2ccc(Cl)c3ccccc23)C1. The minimum atomic E-state index is -0.175. The molecule has 1 saturated heterocycles. The number of likely N-dealkylation sites (tertiary alicyclic amines) is 1. The van der Waals surface area contributed by atoms with Crippen molar-refractivity contribution < 1.29 is 9.53 Å². The Balaban J connectivity index is 1.54. The second kappa shape index (κ2) is 9.21. The summed E-state index contributed by atoms with van der Waals surface area (Å²) >= 11 is 6.24. The summed E-state index contributed by atoms with van der Waals surface area (Å²) in [6.45, 7) is 4.51. The molecule has 0 saturated carbocycles. The molecule has 1 aliphatic rings. The van der Waals surface area contributed by atoms with Gasteiger partial charge in [-0.05, 0) is 37.4 Å². The van der Waals surface area contributed by atoms with E-state index in [0.717, 1.165) is 49.1 Å². The number of methoxy groups -OCH3 is 1. The number of urea groups is 1. The number of hydrogen-bond acceptors (Lipinski definition) is 3. The molecule has 6 heteroatoms. The molecule has 5 nitrogen and oxygen atoms in total. The fraction of sp³-hybridized carbons (Fsp3) is 0.450. The first kappa shape index (κ1) is 19.0. The second-order valence-corrected chi connectivity index (χ2v) is 7.18. The van der Waals surface area contributed by atoms with Gasteiger partial charge in [0.25, 0.3) is 0 Å². The van der Waals surface area contributed by atoms with Crippen molar-refractivity contribution in [1.29, 1.82) is 0 Å². The molecule has 2 aromatic carbocycles. The van der Waals surface area contributed by atoms with E-state index < -0.39 is 0 Å². The molecule has 1 atom stereocenters. The highest BCUT2D eigenvalue weighted by molar-refractivity contribution is 6.36. The van der Waals surface area contributed by atoms with Crippen LogP contribution >= 0.6 is 11.6 Å². The molecule has 2 N–H and O–H groups in total. The third-order valence-electron chi connectivity index (χ3n) is 4.89. The topological polar surface area (TPSA) is 53.6 Å². The summed E-state index contributed by atoms with van der Waals surface area (Å²) in [5, 5.41) is 8.54. The van der Waals surface area contributed by atoms with Gasteiger partial charge in [0.2, 0.25) is 0 Å². The second-order valence-electron chi connectivity index (χ2n) is 6.78. The maximum Gasteiger partial charge on any atom is 0.319 e. The normalized spacial score (nSPS) is 18.0. The third-order valence-corrected chi connectivity index (χ3v) is 5.21. The molecule has 1 unspecified atom stereocenters. The molecule has 2 aromatic rings. The highest BCUT2D eigenvalue weighted by atomic mass is 35.5. The van der Waals surface area contributed by atoms with Crippen molar-refractivity contribution in [2.75, 3.05) is 45.2 Å². The Morgan fingerprint density at radius 3 is 2.88 bits per heavy atom. The number of fused-ring (bicyclic) bond motifs is 1. The van der Waals surface area contributed by atoms with Crippen LogP contribution in [0.1, 0.15) is 12.8 Å². The molecule has 1 aliphatic heterocycles. The number of ether oxygens (including phenoxy) is 1. The van der Waals surface area contributed by atoms with Crippen LogP contribution in [0.4, 0.5) is 10.5 Å². The first-order valence-corrected chi connectivity index (χ1v) is 9.48. The van der Waals surface area contributed by atoms with Gasteiger partial charge in [0, 0.05) is 42.5 Å². The van der Waals surface area contributed by atoms with Gasteiger partial charge in [0.05, 0.1) is 12.3 Å². The molecule has 140 valence electrons. The molecule has 0 aliphatic carbocycles. The first-order chi connectivity index (χ1) is 12.7. The number of piperidine rings is 1. The van der Waals surface area contributed by atoms with Gasteiger partial charge in [0.15, 0.2) is 0 Å². The van der Waals surface area contributed by atoms with E-state index in [1.807, 2.05) is 36.4 Å². The Bertz CT molecular complexity index is 753. The number of halogens is 1. The number of hydrogen-bond donors (Lipinski definition) is 2. The molecule has 0 spiro atoms. The van der Waals surface area contributed by atoms with Crippen molar-refractivity contribution >= 4 is 34.1 Å². The number of rotatable bonds is 6. The van der Waals surface area contributed by atoms with Gasteiger partial charge in [-0.3, -0.25) is 0 Å². The summed E-state index contributed by atoms with van der Waals surface area (Å²) in [7, 11) is 1.73. The van der Waals surface area contributed by atoms with Gasteiger partial charge in [0.1, 0.15) is 0 Å². The van der Waals surface area contributed by atoms with Crippen molar-refractivity contribution in [3.8, 4) is 0 Å². The predicted octanol–water partition coefficient (Wildman–Crippen LogP) is 3.97. The first-order valence-electron chi connectivity index (χ1n) is 9.11. The quantitative estimate of drug-likeness (QED) is 0.803. The van der Waals surface area contributed by atoms with Gasteiger partial charge >= 0.3 is 6.03 Å². The predicted molar refractivity (Wildman–Crippen MR) is 107 cm³/mol. The lowest BCUT2D eigenvalue weighted by Gasteiger charge is -2.32. The van der Waals surface area contributed by atoms with E-state index in [0.29, 0.717) is 17.5 Å². The molecule has 2 amide bonds. The van der Waals surface area contributed by atoms with Crippen LogP contribution in [0.2, 0.25) is 5.02 Å². The largest absolute Gasteiger partial charge is 0.383 e. The lowest BCUT2D eigenvalue weighted by atomic mass is 9.98. The summed E-state index contributed by atoms with van der Waals surface area (Å²) < 4.78 is 5.16. The van der Waals surface area contributed by atoms with Gasteiger partial charge in [-0.1, -0.05) is 35.9 Å². The number of anilines is 1. The molecular formula is C20H26ClN3O2. The summed E-state index contributed by atoms with van der Waals surface area (Å²) in [4.78, 5) is 14.8. The van der Waals surface area contributed by atoms with Gasteiger partial charge < -0.3 is 20.3 Å². The lowest BCUT2D eigenvalue weighted by molar-refractivity contribution is 0.115. The van der Waals surface area contributed by atoms with E-state index >= 15 is 0 Å². The monoisotopic (exact) mass is 375 g/mol. The van der Waals surface area contributed by atoms with Crippen LogP contribution in [0.25, 0.3) is 10.8 Å². The van der Waals surface area contributed by atoms with Crippen LogP contribution in [0, 0.1) is 5.92 Å². The number of nitrogens with zero attached hydrogens (tertiary/aromatic N) is 1. The number of nitrogens with one attached hydrogen (secondary N) is 2. The zero-order chi connectivity index (χ0) is 18.4. The molecule has 26 heavy (non-hydrogen) atoms. The summed E-state index contributed by atoms with van der Waals surface area (Å²) in [5.74, 6) is 0.480. The van der Waals surface area contributed by atoms with E-state index in [-0.39, 0.29) is 6.03 Å². The summed E-state index contributed by atoms with van der Waals surface area (Å²) in [6.07, 6.45) is 2.31. The standard InChI is InChI=1S/C20H26ClN3O2/c1-26-12-11-24-10-4-5-15(14-24)13-22-20(25)23-19-9-8-18(21)16-6-2-3-7-17(16)19/h2-3,6-9,15H,4-5,10-14H2,1H3,(H2,22,23,25). The number of carbonyl (C=O) groups is 1. The van der Waals surface area contributed by atoms with E-state index in [9.17, 15) is 4.79 Å². The molecule has 1 fully saturated rings. The maximum atomic E-state index is 12.3. The summed E-state index contributed by atoms with van der Waals surface area (Å²) in [5.41, 5.74) is 0.771. The minimum absolute atomic E-state index is 0.175. The van der Waals surface area contributed by atoms with Crippen LogP contribution in [0.5, 0.6) is 0 Å². The van der Waals surface area contributed by atoms with Gasteiger partial charge in [-0.2, -0.15) is 0 Å². The van der Waals surface area contributed by atoms with E-state index in [2.05, 4.69) is 15.5 Å². The number of benzene rings is 2. The Kier molecular flexibility index (Phi) is 6.72. The molecule has 3 rings (SSSR count). The Morgan fingerprint density at radius 1 is 1.27 bits per heavy atom. The fourth-order valence-electron chi connectivity index (χ4n) is 3.52.